The van der Waals surface area contributed by atoms with E-state index in [0.29, 0.717) is 18.5 Å². The molecule has 108 valence electrons. The summed E-state index contributed by atoms with van der Waals surface area (Å²) >= 11 is 0. The number of amides is 1. The van der Waals surface area contributed by atoms with Gasteiger partial charge in [-0.15, -0.1) is 10.2 Å². The number of hydrogen-bond acceptors (Lipinski definition) is 4. The van der Waals surface area contributed by atoms with Crippen molar-refractivity contribution < 1.29 is 9.90 Å². The summed E-state index contributed by atoms with van der Waals surface area (Å²) in [7, 11) is 0. The third-order valence-corrected chi connectivity index (χ3v) is 3.08. The molecule has 0 unspecified atom stereocenters. The minimum absolute atomic E-state index is 0.117. The minimum Gasteiger partial charge on any atom is -0.396 e. The lowest BCUT2D eigenvalue weighted by atomic mass is 10.2. The van der Waals surface area contributed by atoms with Crippen molar-refractivity contribution in [2.24, 2.45) is 0 Å². The quantitative estimate of drug-likeness (QED) is 0.781. The second-order valence-electron chi connectivity index (χ2n) is 5.05. The van der Waals surface area contributed by atoms with Crippen molar-refractivity contribution in [2.75, 3.05) is 13.2 Å². The number of aliphatic hydroxyl groups excluding tert-OH is 1. The van der Waals surface area contributed by atoms with Crippen LogP contribution in [0.4, 0.5) is 0 Å². The zero-order chi connectivity index (χ0) is 14.5. The molecule has 2 aromatic heterocycles. The Hall–Kier alpha value is -1.95. The summed E-state index contributed by atoms with van der Waals surface area (Å²) in [5.41, 5.74) is 1.33. The van der Waals surface area contributed by atoms with E-state index >= 15 is 0 Å². The fourth-order valence-electron chi connectivity index (χ4n) is 1.98. The van der Waals surface area contributed by atoms with Crippen LogP contribution in [-0.2, 0) is 0 Å². The third kappa shape index (κ3) is 3.14. The van der Waals surface area contributed by atoms with E-state index in [-0.39, 0.29) is 18.4 Å². The molecule has 6 heteroatoms. The van der Waals surface area contributed by atoms with Crippen molar-refractivity contribution in [3.63, 3.8) is 0 Å². The molecule has 0 fully saturated rings. The van der Waals surface area contributed by atoms with Gasteiger partial charge in [0.2, 0.25) is 0 Å². The predicted octanol–water partition coefficient (Wildman–Crippen LogP) is 1.35. The Morgan fingerprint density at radius 3 is 2.85 bits per heavy atom. The Kier molecular flexibility index (Phi) is 4.68. The first kappa shape index (κ1) is 14.5. The van der Waals surface area contributed by atoms with Gasteiger partial charge in [0.15, 0.2) is 5.65 Å². The molecule has 0 aliphatic rings. The van der Waals surface area contributed by atoms with Crippen LogP contribution in [0.1, 0.15) is 48.8 Å². The van der Waals surface area contributed by atoms with Gasteiger partial charge in [0.05, 0.1) is 5.56 Å². The maximum absolute atomic E-state index is 12.0. The van der Waals surface area contributed by atoms with Crippen molar-refractivity contribution in [2.45, 2.75) is 32.6 Å². The van der Waals surface area contributed by atoms with Crippen LogP contribution in [0.25, 0.3) is 5.65 Å². The Labute approximate surface area is 117 Å². The smallest absolute Gasteiger partial charge is 0.252 e. The number of rotatable bonds is 6. The van der Waals surface area contributed by atoms with Gasteiger partial charge in [-0.3, -0.25) is 9.20 Å². The van der Waals surface area contributed by atoms with Gasteiger partial charge >= 0.3 is 0 Å². The highest BCUT2D eigenvalue weighted by atomic mass is 16.2. The molecule has 2 rings (SSSR count). The van der Waals surface area contributed by atoms with Crippen LogP contribution in [0.5, 0.6) is 0 Å². The average Bonchev–Trinajstić information content (AvgIpc) is 2.86. The first-order valence-corrected chi connectivity index (χ1v) is 6.87. The fraction of sp³-hybridized carbons (Fsp3) is 0.500. The van der Waals surface area contributed by atoms with Gasteiger partial charge in [-0.25, -0.2) is 0 Å². The monoisotopic (exact) mass is 276 g/mol. The maximum atomic E-state index is 12.0. The van der Waals surface area contributed by atoms with Crippen LogP contribution in [0.2, 0.25) is 0 Å². The summed E-state index contributed by atoms with van der Waals surface area (Å²) in [6.45, 7) is 4.80. The number of fused-ring (bicyclic) bond motifs is 1. The number of nitrogens with one attached hydrogen (secondary N) is 1. The number of pyridine rings is 1. The van der Waals surface area contributed by atoms with Crippen molar-refractivity contribution in [3.8, 4) is 0 Å². The Morgan fingerprint density at radius 1 is 1.35 bits per heavy atom. The molecule has 0 aromatic carbocycles. The van der Waals surface area contributed by atoms with E-state index in [9.17, 15) is 4.79 Å². The summed E-state index contributed by atoms with van der Waals surface area (Å²) in [6.07, 6.45) is 3.24. The first-order valence-electron chi connectivity index (χ1n) is 6.87. The van der Waals surface area contributed by atoms with Crippen LogP contribution in [0.3, 0.4) is 0 Å². The maximum Gasteiger partial charge on any atom is 0.252 e. The highest BCUT2D eigenvalue weighted by Crippen LogP contribution is 2.14. The Morgan fingerprint density at radius 2 is 2.15 bits per heavy atom. The molecule has 0 bridgehead atoms. The lowest BCUT2D eigenvalue weighted by Gasteiger charge is -2.07. The van der Waals surface area contributed by atoms with Gasteiger partial charge in [0, 0.05) is 25.3 Å². The molecule has 2 N–H and O–H groups in total. The second-order valence-corrected chi connectivity index (χ2v) is 5.05. The van der Waals surface area contributed by atoms with Gasteiger partial charge in [-0.05, 0) is 25.0 Å². The summed E-state index contributed by atoms with van der Waals surface area (Å²) in [4.78, 5) is 12.0. The van der Waals surface area contributed by atoms with Crippen LogP contribution in [0, 0.1) is 0 Å². The first-order chi connectivity index (χ1) is 9.63. The van der Waals surface area contributed by atoms with Gasteiger partial charge in [0.1, 0.15) is 5.82 Å². The zero-order valence-electron chi connectivity index (χ0n) is 11.8. The van der Waals surface area contributed by atoms with E-state index in [1.54, 1.807) is 18.3 Å². The highest BCUT2D eigenvalue weighted by molar-refractivity contribution is 5.94. The summed E-state index contributed by atoms with van der Waals surface area (Å²) in [5.74, 6) is 0.969. The van der Waals surface area contributed by atoms with E-state index in [4.69, 9.17) is 5.11 Å². The Bertz CT molecular complexity index is 592. The molecule has 6 nitrogen and oxygen atoms in total. The number of aliphatic hydroxyl groups is 1. The number of carbonyl (C=O) groups excluding carboxylic acids is 1. The minimum atomic E-state index is -0.117. The summed E-state index contributed by atoms with van der Waals surface area (Å²) in [5, 5.41) is 19.7. The molecule has 0 saturated heterocycles. The van der Waals surface area contributed by atoms with E-state index in [2.05, 4.69) is 15.5 Å². The predicted molar refractivity (Wildman–Crippen MR) is 75.7 cm³/mol. The SMILES string of the molecule is CC(C)c1nnc2ccc(C(=O)NCCCCO)cn12. The molecule has 0 spiro atoms. The Balaban J connectivity index is 2.14. The number of nitrogens with zero attached hydrogens (tertiary/aromatic N) is 3. The zero-order valence-corrected chi connectivity index (χ0v) is 11.8. The molecule has 0 saturated carbocycles. The van der Waals surface area contributed by atoms with Gasteiger partial charge in [0.25, 0.3) is 5.91 Å². The molecular weight excluding hydrogens is 256 g/mol. The number of hydrogen-bond donors (Lipinski definition) is 2. The van der Waals surface area contributed by atoms with E-state index < -0.39 is 0 Å². The second kappa shape index (κ2) is 6.47. The molecule has 0 aliphatic carbocycles. The lowest BCUT2D eigenvalue weighted by molar-refractivity contribution is 0.0951. The van der Waals surface area contributed by atoms with Gasteiger partial charge in [-0.2, -0.15) is 0 Å². The lowest BCUT2D eigenvalue weighted by Crippen LogP contribution is -2.24. The van der Waals surface area contributed by atoms with Crippen molar-refractivity contribution >= 4 is 11.6 Å². The molecule has 20 heavy (non-hydrogen) atoms. The van der Waals surface area contributed by atoms with Crippen LogP contribution in [-0.4, -0.2) is 38.8 Å². The number of unbranched alkanes of at least 4 members (excludes halogenated alkanes) is 1. The molecule has 2 heterocycles. The molecule has 0 radical (unpaired) electrons. The fourth-order valence-corrected chi connectivity index (χ4v) is 1.98. The van der Waals surface area contributed by atoms with E-state index in [0.717, 1.165) is 17.9 Å². The molecule has 1 amide bonds. The van der Waals surface area contributed by atoms with E-state index in [1.165, 1.54) is 0 Å². The highest BCUT2D eigenvalue weighted by Gasteiger charge is 2.12. The number of carbonyl (C=O) groups is 1. The normalized spacial score (nSPS) is 11.2. The summed E-state index contributed by atoms with van der Waals surface area (Å²) < 4.78 is 1.85. The van der Waals surface area contributed by atoms with Crippen molar-refractivity contribution in [1.29, 1.82) is 0 Å². The molecule has 2 aromatic rings. The average molecular weight is 276 g/mol. The largest absolute Gasteiger partial charge is 0.396 e. The third-order valence-electron chi connectivity index (χ3n) is 3.08. The topological polar surface area (TPSA) is 79.5 Å². The van der Waals surface area contributed by atoms with Crippen LogP contribution < -0.4 is 5.32 Å². The molecule has 0 aliphatic heterocycles. The van der Waals surface area contributed by atoms with Crippen molar-refractivity contribution in [1.82, 2.24) is 19.9 Å². The standard InChI is InChI=1S/C14H20N4O2/c1-10(2)13-17-16-12-6-5-11(9-18(12)13)14(20)15-7-3-4-8-19/h5-6,9-10,19H,3-4,7-8H2,1-2H3,(H,15,20). The van der Waals surface area contributed by atoms with Crippen molar-refractivity contribution in [3.05, 3.63) is 29.7 Å². The molecular formula is C14H20N4O2. The van der Waals surface area contributed by atoms with E-state index in [1.807, 2.05) is 18.2 Å². The molecule has 0 atom stereocenters. The van der Waals surface area contributed by atoms with Crippen LogP contribution in [0.15, 0.2) is 18.3 Å². The van der Waals surface area contributed by atoms with Gasteiger partial charge in [-0.1, -0.05) is 13.8 Å². The van der Waals surface area contributed by atoms with Gasteiger partial charge < -0.3 is 10.4 Å². The summed E-state index contributed by atoms with van der Waals surface area (Å²) in [6, 6.07) is 3.54. The van der Waals surface area contributed by atoms with Crippen LogP contribution >= 0.6 is 0 Å². The number of aromatic nitrogens is 3.